The predicted octanol–water partition coefficient (Wildman–Crippen LogP) is 2.42. The number of nitrogens with one attached hydrogen (secondary N) is 1. The number of pyridine rings is 2. The van der Waals surface area contributed by atoms with Gasteiger partial charge in [-0.1, -0.05) is 24.0 Å². The molecule has 7 heteroatoms. The van der Waals surface area contributed by atoms with Crippen molar-refractivity contribution < 1.29 is 9.53 Å². The maximum atomic E-state index is 12.0. The molecule has 0 atom stereocenters. The van der Waals surface area contributed by atoms with E-state index in [1.165, 1.54) is 5.56 Å². The lowest BCUT2D eigenvalue weighted by molar-refractivity contribution is -0.120. The molecule has 0 bridgehead atoms. The van der Waals surface area contributed by atoms with Gasteiger partial charge in [0.05, 0.1) is 29.9 Å². The zero-order chi connectivity index (χ0) is 22.8. The van der Waals surface area contributed by atoms with Crippen molar-refractivity contribution in [3.05, 3.63) is 65.1 Å². The van der Waals surface area contributed by atoms with Crippen LogP contribution in [-0.4, -0.2) is 54.1 Å². The summed E-state index contributed by atoms with van der Waals surface area (Å²) in [5, 5.41) is 4.89. The van der Waals surface area contributed by atoms with Crippen LogP contribution in [0.4, 0.5) is 5.82 Å². The van der Waals surface area contributed by atoms with E-state index >= 15 is 0 Å². The molecule has 168 valence electrons. The Kier molecular flexibility index (Phi) is 5.71. The Hall–Kier alpha value is -3.47. The molecule has 7 nitrogen and oxygen atoms in total. The number of benzene rings is 1. The van der Waals surface area contributed by atoms with Crippen LogP contribution in [0.3, 0.4) is 0 Å². The monoisotopic (exact) mass is 441 g/mol. The van der Waals surface area contributed by atoms with Gasteiger partial charge in [-0.25, -0.2) is 4.98 Å². The molecule has 2 aromatic heterocycles. The Morgan fingerprint density at radius 1 is 1.12 bits per heavy atom. The SMILES string of the molecule is CNc1ncc(C#Cc2ccc(CN3CCOCC3)cc2)c2cc(C3(C(N)=O)CC3)ncc12. The number of hydrogen-bond donors (Lipinski definition) is 2. The van der Waals surface area contributed by atoms with Crippen molar-refractivity contribution >= 4 is 22.5 Å². The predicted molar refractivity (Wildman–Crippen MR) is 128 cm³/mol. The van der Waals surface area contributed by atoms with Crippen LogP contribution < -0.4 is 11.1 Å². The Morgan fingerprint density at radius 2 is 1.88 bits per heavy atom. The van der Waals surface area contributed by atoms with Gasteiger partial charge in [0.25, 0.3) is 0 Å². The lowest BCUT2D eigenvalue weighted by Crippen LogP contribution is -2.35. The van der Waals surface area contributed by atoms with Crippen LogP contribution in [0.1, 0.15) is 35.2 Å². The molecule has 33 heavy (non-hydrogen) atoms. The molecule has 3 N–H and O–H groups in total. The zero-order valence-electron chi connectivity index (χ0n) is 18.7. The van der Waals surface area contributed by atoms with E-state index in [0.29, 0.717) is 5.69 Å². The Morgan fingerprint density at radius 3 is 2.55 bits per heavy atom. The van der Waals surface area contributed by atoms with E-state index in [9.17, 15) is 4.79 Å². The average Bonchev–Trinajstić information content (AvgIpc) is 3.66. The molecule has 5 rings (SSSR count). The zero-order valence-corrected chi connectivity index (χ0v) is 18.7. The van der Waals surface area contributed by atoms with Crippen LogP contribution in [0, 0.1) is 11.8 Å². The summed E-state index contributed by atoms with van der Waals surface area (Å²) < 4.78 is 5.42. The molecule has 1 saturated carbocycles. The molecule has 1 aliphatic carbocycles. The summed E-state index contributed by atoms with van der Waals surface area (Å²) in [6.45, 7) is 4.47. The minimum atomic E-state index is -0.641. The molecule has 3 aromatic rings. The quantitative estimate of drug-likeness (QED) is 0.591. The highest BCUT2D eigenvalue weighted by Crippen LogP contribution is 2.47. The molecule has 1 saturated heterocycles. The van der Waals surface area contributed by atoms with E-state index in [1.54, 1.807) is 12.4 Å². The van der Waals surface area contributed by atoms with Crippen LogP contribution in [0.5, 0.6) is 0 Å². The fraction of sp³-hybridized carbons (Fsp3) is 0.346. The Labute approximate surface area is 193 Å². The third-order valence-electron chi connectivity index (χ3n) is 6.53. The van der Waals surface area contributed by atoms with Crippen LogP contribution in [0.2, 0.25) is 0 Å². The van der Waals surface area contributed by atoms with E-state index < -0.39 is 5.41 Å². The second-order valence-electron chi connectivity index (χ2n) is 8.67. The Balaban J connectivity index is 1.43. The number of nitrogens with zero attached hydrogens (tertiary/aromatic N) is 3. The van der Waals surface area contributed by atoms with Gasteiger partial charge in [-0.2, -0.15) is 0 Å². The summed E-state index contributed by atoms with van der Waals surface area (Å²) in [6, 6.07) is 10.3. The standard InChI is InChI=1S/C26H27N5O2/c1-28-24-22-16-29-23(26(8-9-26)25(27)32)14-21(22)20(15-30-24)7-6-18-2-4-19(5-3-18)17-31-10-12-33-13-11-31/h2-5,14-16H,8-13,17H2,1H3,(H2,27,32)(H,28,30). The van der Waals surface area contributed by atoms with Crippen LogP contribution in [-0.2, 0) is 21.5 Å². The highest BCUT2D eigenvalue weighted by Gasteiger charge is 2.51. The molecular weight excluding hydrogens is 414 g/mol. The van der Waals surface area contributed by atoms with E-state index in [4.69, 9.17) is 10.5 Å². The van der Waals surface area contributed by atoms with Gasteiger partial charge >= 0.3 is 0 Å². The third kappa shape index (κ3) is 4.28. The topological polar surface area (TPSA) is 93.4 Å². The molecule has 2 fully saturated rings. The summed E-state index contributed by atoms with van der Waals surface area (Å²) in [6.07, 6.45) is 5.00. The van der Waals surface area contributed by atoms with Crippen molar-refractivity contribution in [3.8, 4) is 11.8 Å². The first-order valence-electron chi connectivity index (χ1n) is 11.3. The van der Waals surface area contributed by atoms with Gasteiger partial charge < -0.3 is 15.8 Å². The first-order chi connectivity index (χ1) is 16.1. The first kappa shape index (κ1) is 21.4. The fourth-order valence-electron chi connectivity index (χ4n) is 4.30. The number of rotatable bonds is 5. The minimum Gasteiger partial charge on any atom is -0.379 e. The lowest BCUT2D eigenvalue weighted by atomic mass is 9.98. The van der Waals surface area contributed by atoms with Gasteiger partial charge in [0.1, 0.15) is 5.82 Å². The Bertz CT molecular complexity index is 1250. The van der Waals surface area contributed by atoms with Gasteiger partial charge in [-0.05, 0) is 36.6 Å². The summed E-state index contributed by atoms with van der Waals surface area (Å²) >= 11 is 0. The maximum absolute atomic E-state index is 12.0. The van der Waals surface area contributed by atoms with Crippen molar-refractivity contribution in [2.24, 2.45) is 5.73 Å². The molecule has 3 heterocycles. The molecule has 1 aliphatic heterocycles. The first-order valence-corrected chi connectivity index (χ1v) is 11.3. The highest BCUT2D eigenvalue weighted by atomic mass is 16.5. The van der Waals surface area contributed by atoms with Crippen LogP contribution in [0.15, 0.2) is 42.7 Å². The molecule has 0 radical (unpaired) electrons. The van der Waals surface area contributed by atoms with E-state index in [-0.39, 0.29) is 5.91 Å². The molecule has 0 unspecified atom stereocenters. The second-order valence-corrected chi connectivity index (χ2v) is 8.67. The van der Waals surface area contributed by atoms with Crippen molar-refractivity contribution in [3.63, 3.8) is 0 Å². The number of ether oxygens (including phenoxy) is 1. The number of nitrogens with two attached hydrogens (primary N) is 1. The number of amides is 1. The molecule has 0 spiro atoms. The molecule has 1 aromatic carbocycles. The summed E-state index contributed by atoms with van der Waals surface area (Å²) in [4.78, 5) is 23.5. The van der Waals surface area contributed by atoms with Crippen LogP contribution in [0.25, 0.3) is 10.8 Å². The van der Waals surface area contributed by atoms with E-state index in [2.05, 4.69) is 56.3 Å². The second kappa shape index (κ2) is 8.81. The number of carbonyl (C=O) groups is 1. The van der Waals surface area contributed by atoms with E-state index in [0.717, 1.165) is 73.4 Å². The number of aromatic nitrogens is 2. The van der Waals surface area contributed by atoms with Crippen molar-refractivity contribution in [1.29, 1.82) is 0 Å². The molecule has 1 amide bonds. The number of primary amides is 1. The normalized spacial score (nSPS) is 17.2. The summed E-state index contributed by atoms with van der Waals surface area (Å²) in [5.74, 6) is 6.95. The fourth-order valence-corrected chi connectivity index (χ4v) is 4.30. The largest absolute Gasteiger partial charge is 0.379 e. The summed E-state index contributed by atoms with van der Waals surface area (Å²) in [5.41, 5.74) is 8.75. The average molecular weight is 442 g/mol. The third-order valence-corrected chi connectivity index (χ3v) is 6.53. The smallest absolute Gasteiger partial charge is 0.229 e. The maximum Gasteiger partial charge on any atom is 0.229 e. The number of hydrogen-bond acceptors (Lipinski definition) is 6. The number of carbonyl (C=O) groups excluding carboxylic acids is 1. The van der Waals surface area contributed by atoms with Crippen molar-refractivity contribution in [2.45, 2.75) is 24.8 Å². The molecular formula is C26H27N5O2. The van der Waals surface area contributed by atoms with Gasteiger partial charge in [0.15, 0.2) is 0 Å². The van der Waals surface area contributed by atoms with Gasteiger partial charge in [-0.3, -0.25) is 14.7 Å². The summed E-state index contributed by atoms with van der Waals surface area (Å²) in [7, 11) is 1.82. The number of anilines is 1. The highest BCUT2D eigenvalue weighted by molar-refractivity contribution is 5.97. The van der Waals surface area contributed by atoms with Crippen molar-refractivity contribution in [1.82, 2.24) is 14.9 Å². The van der Waals surface area contributed by atoms with Gasteiger partial charge in [0, 0.05) is 55.4 Å². The number of fused-ring (bicyclic) bond motifs is 1. The van der Waals surface area contributed by atoms with Gasteiger partial charge in [0.2, 0.25) is 5.91 Å². The van der Waals surface area contributed by atoms with Crippen LogP contribution >= 0.6 is 0 Å². The molecule has 2 aliphatic rings. The van der Waals surface area contributed by atoms with Crippen molar-refractivity contribution in [2.75, 3.05) is 38.7 Å². The lowest BCUT2D eigenvalue weighted by Gasteiger charge is -2.26. The minimum absolute atomic E-state index is 0.318. The number of morpholine rings is 1. The van der Waals surface area contributed by atoms with Gasteiger partial charge in [-0.15, -0.1) is 0 Å². The van der Waals surface area contributed by atoms with E-state index in [1.807, 2.05) is 13.1 Å².